The SMILES string of the molecule is CCCNC(C)c1nnc(NC(C)c2ccc(Cl)s2)o1. The molecule has 110 valence electrons. The highest BCUT2D eigenvalue weighted by Crippen LogP contribution is 2.28. The molecule has 2 aromatic rings. The van der Waals surface area contributed by atoms with Crippen molar-refractivity contribution >= 4 is 29.0 Å². The maximum absolute atomic E-state index is 5.93. The lowest BCUT2D eigenvalue weighted by atomic mass is 10.3. The molecule has 0 fully saturated rings. The topological polar surface area (TPSA) is 63.0 Å². The first kappa shape index (κ1) is 15.3. The number of hydrogen-bond acceptors (Lipinski definition) is 6. The number of nitrogens with zero attached hydrogens (tertiary/aromatic N) is 2. The van der Waals surface area contributed by atoms with Gasteiger partial charge >= 0.3 is 6.01 Å². The highest BCUT2D eigenvalue weighted by molar-refractivity contribution is 7.16. The molecule has 7 heteroatoms. The smallest absolute Gasteiger partial charge is 0.316 e. The zero-order valence-corrected chi connectivity index (χ0v) is 13.4. The molecule has 0 bridgehead atoms. The van der Waals surface area contributed by atoms with Crippen molar-refractivity contribution in [2.75, 3.05) is 11.9 Å². The predicted molar refractivity (Wildman–Crippen MR) is 82.4 cm³/mol. The summed E-state index contributed by atoms with van der Waals surface area (Å²) in [6.45, 7) is 7.09. The summed E-state index contributed by atoms with van der Waals surface area (Å²) in [6, 6.07) is 4.45. The lowest BCUT2D eigenvalue weighted by Crippen LogP contribution is -2.19. The van der Waals surface area contributed by atoms with E-state index in [1.807, 2.05) is 26.0 Å². The fourth-order valence-corrected chi connectivity index (χ4v) is 2.80. The molecule has 20 heavy (non-hydrogen) atoms. The van der Waals surface area contributed by atoms with Crippen molar-refractivity contribution in [1.29, 1.82) is 0 Å². The van der Waals surface area contributed by atoms with E-state index < -0.39 is 0 Å². The Morgan fingerprint density at radius 1 is 1.30 bits per heavy atom. The molecular formula is C13H19ClN4OS. The van der Waals surface area contributed by atoms with E-state index >= 15 is 0 Å². The van der Waals surface area contributed by atoms with Crippen LogP contribution in [0.15, 0.2) is 16.5 Å². The lowest BCUT2D eigenvalue weighted by molar-refractivity contribution is 0.421. The molecule has 0 aliphatic carbocycles. The lowest BCUT2D eigenvalue weighted by Gasteiger charge is -2.10. The standard InChI is InChI=1S/C13H19ClN4OS/c1-4-7-15-9(3)12-17-18-13(19-12)16-8(2)10-5-6-11(14)20-10/h5-6,8-9,15H,4,7H2,1-3H3,(H,16,18). The summed E-state index contributed by atoms with van der Waals surface area (Å²) in [7, 11) is 0. The molecule has 0 radical (unpaired) electrons. The van der Waals surface area contributed by atoms with Gasteiger partial charge in [0.25, 0.3) is 0 Å². The quantitative estimate of drug-likeness (QED) is 0.808. The van der Waals surface area contributed by atoms with Gasteiger partial charge in [0, 0.05) is 4.88 Å². The van der Waals surface area contributed by atoms with Crippen molar-refractivity contribution in [1.82, 2.24) is 15.5 Å². The number of rotatable bonds is 7. The van der Waals surface area contributed by atoms with Crippen LogP contribution in [0.1, 0.15) is 50.0 Å². The zero-order valence-electron chi connectivity index (χ0n) is 11.8. The van der Waals surface area contributed by atoms with Gasteiger partial charge < -0.3 is 15.1 Å². The molecule has 0 spiro atoms. The monoisotopic (exact) mass is 314 g/mol. The van der Waals surface area contributed by atoms with Gasteiger partial charge in [-0.2, -0.15) is 0 Å². The molecule has 0 saturated carbocycles. The maximum Gasteiger partial charge on any atom is 0.316 e. The summed E-state index contributed by atoms with van der Waals surface area (Å²) in [5, 5.41) is 14.6. The summed E-state index contributed by atoms with van der Waals surface area (Å²) in [6.07, 6.45) is 1.07. The van der Waals surface area contributed by atoms with Crippen LogP contribution < -0.4 is 10.6 Å². The Kier molecular flexibility index (Phi) is 5.39. The Morgan fingerprint density at radius 3 is 2.75 bits per heavy atom. The largest absolute Gasteiger partial charge is 0.406 e. The predicted octanol–water partition coefficient (Wildman–Crippen LogP) is 4.02. The van der Waals surface area contributed by atoms with E-state index in [0.717, 1.165) is 22.2 Å². The molecule has 2 atom stereocenters. The van der Waals surface area contributed by atoms with Crippen LogP contribution in [0.25, 0.3) is 0 Å². The van der Waals surface area contributed by atoms with Crippen molar-refractivity contribution in [3.63, 3.8) is 0 Å². The molecule has 0 aliphatic rings. The number of hydrogen-bond donors (Lipinski definition) is 2. The second-order valence-corrected chi connectivity index (χ2v) is 6.38. The van der Waals surface area contributed by atoms with Crippen molar-refractivity contribution in [2.45, 2.75) is 39.3 Å². The van der Waals surface area contributed by atoms with Crippen LogP contribution in [0.2, 0.25) is 4.34 Å². The normalized spacial score (nSPS) is 14.2. The van der Waals surface area contributed by atoms with E-state index in [1.165, 1.54) is 0 Å². The molecule has 5 nitrogen and oxygen atoms in total. The molecule has 2 unspecified atom stereocenters. The molecule has 0 aliphatic heterocycles. The van der Waals surface area contributed by atoms with Gasteiger partial charge in [-0.05, 0) is 38.9 Å². The van der Waals surface area contributed by atoms with Gasteiger partial charge in [-0.15, -0.1) is 16.4 Å². The first-order chi connectivity index (χ1) is 9.60. The Bertz CT molecular complexity index is 542. The van der Waals surface area contributed by atoms with Crippen molar-refractivity contribution in [3.05, 3.63) is 27.2 Å². The highest BCUT2D eigenvalue weighted by atomic mass is 35.5. The van der Waals surface area contributed by atoms with Crippen molar-refractivity contribution in [3.8, 4) is 0 Å². The average molecular weight is 315 g/mol. The Labute approximate surface area is 127 Å². The van der Waals surface area contributed by atoms with Crippen LogP contribution in [-0.4, -0.2) is 16.7 Å². The third-order valence-electron chi connectivity index (χ3n) is 2.87. The van der Waals surface area contributed by atoms with Gasteiger partial charge in [-0.1, -0.05) is 23.6 Å². The Balaban J connectivity index is 1.95. The summed E-state index contributed by atoms with van der Waals surface area (Å²) in [5.41, 5.74) is 0. The number of anilines is 1. The fraction of sp³-hybridized carbons (Fsp3) is 0.538. The molecule has 2 N–H and O–H groups in total. The van der Waals surface area contributed by atoms with E-state index in [2.05, 4.69) is 27.8 Å². The minimum Gasteiger partial charge on any atom is -0.406 e. The van der Waals surface area contributed by atoms with E-state index in [-0.39, 0.29) is 12.1 Å². The summed E-state index contributed by atoms with van der Waals surface area (Å²) >= 11 is 7.47. The van der Waals surface area contributed by atoms with Gasteiger partial charge in [0.05, 0.1) is 16.4 Å². The van der Waals surface area contributed by atoms with Crippen LogP contribution in [0.3, 0.4) is 0 Å². The second-order valence-electron chi connectivity index (χ2n) is 4.63. The van der Waals surface area contributed by atoms with E-state index in [0.29, 0.717) is 11.9 Å². The molecule has 2 aromatic heterocycles. The second kappa shape index (κ2) is 7.06. The van der Waals surface area contributed by atoms with Crippen LogP contribution in [-0.2, 0) is 0 Å². The van der Waals surface area contributed by atoms with Crippen LogP contribution in [0.4, 0.5) is 6.01 Å². The average Bonchev–Trinajstić information content (AvgIpc) is 3.05. The van der Waals surface area contributed by atoms with E-state index in [9.17, 15) is 0 Å². The van der Waals surface area contributed by atoms with Gasteiger partial charge in [-0.25, -0.2) is 0 Å². The van der Waals surface area contributed by atoms with Crippen molar-refractivity contribution < 1.29 is 4.42 Å². The van der Waals surface area contributed by atoms with Crippen LogP contribution >= 0.6 is 22.9 Å². The fourth-order valence-electron chi connectivity index (χ4n) is 1.73. The van der Waals surface area contributed by atoms with Gasteiger partial charge in [-0.3, -0.25) is 0 Å². The minimum atomic E-state index is 0.0597. The summed E-state index contributed by atoms with van der Waals surface area (Å²) < 4.78 is 6.39. The number of nitrogens with one attached hydrogen (secondary N) is 2. The minimum absolute atomic E-state index is 0.0597. The molecular weight excluding hydrogens is 296 g/mol. The Hall–Kier alpha value is -1.11. The number of thiophene rings is 1. The first-order valence-corrected chi connectivity index (χ1v) is 7.88. The maximum atomic E-state index is 5.93. The molecule has 0 saturated heterocycles. The third kappa shape index (κ3) is 3.94. The van der Waals surface area contributed by atoms with Crippen LogP contribution in [0.5, 0.6) is 0 Å². The third-order valence-corrected chi connectivity index (χ3v) is 4.29. The first-order valence-electron chi connectivity index (χ1n) is 6.68. The molecule has 0 amide bonds. The molecule has 0 aromatic carbocycles. The Morgan fingerprint density at radius 2 is 2.10 bits per heavy atom. The van der Waals surface area contributed by atoms with Crippen molar-refractivity contribution in [2.24, 2.45) is 0 Å². The highest BCUT2D eigenvalue weighted by Gasteiger charge is 2.15. The zero-order chi connectivity index (χ0) is 14.5. The van der Waals surface area contributed by atoms with Crippen LogP contribution in [0, 0.1) is 0 Å². The van der Waals surface area contributed by atoms with Gasteiger partial charge in [0.2, 0.25) is 5.89 Å². The molecule has 2 rings (SSSR count). The van der Waals surface area contributed by atoms with Gasteiger partial charge in [0.15, 0.2) is 0 Å². The number of aromatic nitrogens is 2. The van der Waals surface area contributed by atoms with E-state index in [1.54, 1.807) is 11.3 Å². The summed E-state index contributed by atoms with van der Waals surface area (Å²) in [4.78, 5) is 1.13. The van der Waals surface area contributed by atoms with E-state index in [4.69, 9.17) is 16.0 Å². The van der Waals surface area contributed by atoms with Gasteiger partial charge in [0.1, 0.15) is 0 Å². The number of halogens is 1. The molecule has 2 heterocycles. The summed E-state index contributed by atoms with van der Waals surface area (Å²) in [5.74, 6) is 0.595.